The lowest BCUT2D eigenvalue weighted by molar-refractivity contribution is -0.0977. The molecule has 1 fully saturated rings. The molecule has 112 valence electrons. The quantitative estimate of drug-likeness (QED) is 0.829. The van der Waals surface area contributed by atoms with Gasteiger partial charge in [-0.3, -0.25) is 0 Å². The number of ether oxygens (including phenoxy) is 2. The molecule has 20 heavy (non-hydrogen) atoms. The Bertz CT molecular complexity index is 434. The largest absolute Gasteiger partial charge is 0.490 e. The minimum atomic E-state index is 0.121. The molecule has 2 rings (SSSR count). The molecule has 0 bridgehead atoms. The molecule has 4 nitrogen and oxygen atoms in total. The van der Waals surface area contributed by atoms with Gasteiger partial charge >= 0.3 is 0 Å². The second-order valence-corrected chi connectivity index (χ2v) is 5.90. The zero-order valence-electron chi connectivity index (χ0n) is 13.0. The average Bonchev–Trinajstić information content (AvgIpc) is 2.45. The van der Waals surface area contributed by atoms with E-state index in [1.807, 2.05) is 19.1 Å². The van der Waals surface area contributed by atoms with Crippen molar-refractivity contribution in [3.05, 3.63) is 18.3 Å². The van der Waals surface area contributed by atoms with Crippen LogP contribution in [0, 0.1) is 5.41 Å². The van der Waals surface area contributed by atoms with Crippen molar-refractivity contribution >= 4 is 5.82 Å². The van der Waals surface area contributed by atoms with Gasteiger partial charge in [-0.2, -0.15) is 0 Å². The Kier molecular flexibility index (Phi) is 4.86. The molecule has 2 unspecified atom stereocenters. The number of hydrogen-bond donors (Lipinski definition) is 1. The summed E-state index contributed by atoms with van der Waals surface area (Å²) in [6.45, 7) is 10.1. The van der Waals surface area contributed by atoms with Gasteiger partial charge in [-0.15, -0.1) is 0 Å². The minimum Gasteiger partial charge on any atom is -0.490 e. The Labute approximate surface area is 121 Å². The maximum Gasteiger partial charge on any atom is 0.168 e. The van der Waals surface area contributed by atoms with E-state index in [9.17, 15) is 0 Å². The van der Waals surface area contributed by atoms with Crippen LogP contribution >= 0.6 is 0 Å². The van der Waals surface area contributed by atoms with E-state index in [1.54, 1.807) is 6.20 Å². The van der Waals surface area contributed by atoms with Gasteiger partial charge in [-0.05, 0) is 31.9 Å². The normalized spacial score (nSPS) is 24.0. The zero-order valence-corrected chi connectivity index (χ0v) is 13.0. The summed E-state index contributed by atoms with van der Waals surface area (Å²) >= 11 is 0. The topological polar surface area (TPSA) is 43.4 Å². The summed E-state index contributed by atoms with van der Waals surface area (Å²) in [6, 6.07) is 4.25. The lowest BCUT2D eigenvalue weighted by Crippen LogP contribution is -2.58. The maximum atomic E-state index is 5.76. The average molecular weight is 278 g/mol. The molecule has 0 aliphatic heterocycles. The molecule has 0 amide bonds. The smallest absolute Gasteiger partial charge is 0.168 e. The van der Waals surface area contributed by atoms with Gasteiger partial charge in [-0.1, -0.05) is 20.8 Å². The van der Waals surface area contributed by atoms with E-state index in [0.717, 1.165) is 37.6 Å². The number of rotatable bonds is 7. The first-order valence-electron chi connectivity index (χ1n) is 7.55. The van der Waals surface area contributed by atoms with Crippen molar-refractivity contribution in [1.29, 1.82) is 0 Å². The highest BCUT2D eigenvalue weighted by Crippen LogP contribution is 2.44. The van der Waals surface area contributed by atoms with Crippen LogP contribution in [-0.2, 0) is 4.74 Å². The summed E-state index contributed by atoms with van der Waals surface area (Å²) in [7, 11) is 0. The molecule has 0 saturated heterocycles. The molecule has 0 radical (unpaired) electrons. The zero-order chi connectivity index (χ0) is 14.6. The van der Waals surface area contributed by atoms with Crippen LogP contribution in [0.15, 0.2) is 18.3 Å². The van der Waals surface area contributed by atoms with Crippen LogP contribution in [0.25, 0.3) is 0 Å². The summed E-state index contributed by atoms with van der Waals surface area (Å²) in [6.07, 6.45) is 4.14. The molecule has 0 spiro atoms. The van der Waals surface area contributed by atoms with Gasteiger partial charge in [0.2, 0.25) is 0 Å². The molecule has 4 heteroatoms. The second kappa shape index (κ2) is 6.44. The SMILES string of the molecule is CCCOc1cccnc1NC1CC(OCC)C1(C)C. The first-order chi connectivity index (χ1) is 9.59. The molecule has 1 aliphatic rings. The van der Waals surface area contributed by atoms with E-state index in [-0.39, 0.29) is 5.41 Å². The van der Waals surface area contributed by atoms with E-state index < -0.39 is 0 Å². The molecule has 1 heterocycles. The second-order valence-electron chi connectivity index (χ2n) is 5.90. The number of pyridine rings is 1. The lowest BCUT2D eigenvalue weighted by Gasteiger charge is -2.51. The van der Waals surface area contributed by atoms with Crippen molar-refractivity contribution in [2.45, 2.75) is 52.7 Å². The Balaban J connectivity index is 2.01. The van der Waals surface area contributed by atoms with E-state index in [2.05, 4.69) is 31.1 Å². The van der Waals surface area contributed by atoms with Crippen molar-refractivity contribution < 1.29 is 9.47 Å². The molecule has 1 aliphatic carbocycles. The predicted octanol–water partition coefficient (Wildman–Crippen LogP) is 3.49. The Morgan fingerprint density at radius 2 is 2.20 bits per heavy atom. The van der Waals surface area contributed by atoms with E-state index >= 15 is 0 Å². The molecular formula is C16H26N2O2. The van der Waals surface area contributed by atoms with Crippen molar-refractivity contribution in [1.82, 2.24) is 4.98 Å². The monoisotopic (exact) mass is 278 g/mol. The maximum absolute atomic E-state index is 5.76. The molecular weight excluding hydrogens is 252 g/mol. The fourth-order valence-corrected chi connectivity index (χ4v) is 2.61. The first-order valence-corrected chi connectivity index (χ1v) is 7.55. The van der Waals surface area contributed by atoms with Crippen LogP contribution in [0.2, 0.25) is 0 Å². The Morgan fingerprint density at radius 1 is 1.40 bits per heavy atom. The van der Waals surface area contributed by atoms with Crippen molar-refractivity contribution in [2.75, 3.05) is 18.5 Å². The van der Waals surface area contributed by atoms with Crippen LogP contribution in [0.3, 0.4) is 0 Å². The standard InChI is InChI=1S/C16H26N2O2/c1-5-10-20-12-8-7-9-17-15(12)18-13-11-14(19-6-2)16(13,3)4/h7-9,13-14H,5-6,10-11H2,1-4H3,(H,17,18). The van der Waals surface area contributed by atoms with Crippen LogP contribution in [-0.4, -0.2) is 30.3 Å². The summed E-state index contributed by atoms with van der Waals surface area (Å²) in [5.74, 6) is 1.68. The fraction of sp³-hybridized carbons (Fsp3) is 0.688. The van der Waals surface area contributed by atoms with E-state index in [0.29, 0.717) is 12.1 Å². The van der Waals surface area contributed by atoms with Crippen molar-refractivity contribution in [3.8, 4) is 5.75 Å². The molecule has 2 atom stereocenters. The van der Waals surface area contributed by atoms with Gasteiger partial charge < -0.3 is 14.8 Å². The third-order valence-corrected chi connectivity index (χ3v) is 4.09. The highest BCUT2D eigenvalue weighted by Gasteiger charge is 2.49. The number of anilines is 1. The van der Waals surface area contributed by atoms with Crippen LogP contribution in [0.5, 0.6) is 5.75 Å². The molecule has 1 aromatic heterocycles. The van der Waals surface area contributed by atoms with E-state index in [1.165, 1.54) is 0 Å². The third kappa shape index (κ3) is 3.06. The lowest BCUT2D eigenvalue weighted by atomic mass is 9.64. The molecule has 1 aromatic rings. The van der Waals surface area contributed by atoms with Crippen LogP contribution < -0.4 is 10.1 Å². The minimum absolute atomic E-state index is 0.121. The van der Waals surface area contributed by atoms with Crippen molar-refractivity contribution in [2.24, 2.45) is 5.41 Å². The number of hydrogen-bond acceptors (Lipinski definition) is 4. The Morgan fingerprint density at radius 3 is 2.85 bits per heavy atom. The molecule has 0 aromatic carbocycles. The van der Waals surface area contributed by atoms with Gasteiger partial charge in [0.05, 0.1) is 12.7 Å². The third-order valence-electron chi connectivity index (χ3n) is 4.09. The van der Waals surface area contributed by atoms with Gasteiger partial charge in [0.1, 0.15) is 0 Å². The van der Waals surface area contributed by atoms with Crippen molar-refractivity contribution in [3.63, 3.8) is 0 Å². The van der Waals surface area contributed by atoms with Crippen LogP contribution in [0.1, 0.15) is 40.5 Å². The van der Waals surface area contributed by atoms with Gasteiger partial charge in [0.25, 0.3) is 0 Å². The predicted molar refractivity (Wildman–Crippen MR) is 81.2 cm³/mol. The summed E-state index contributed by atoms with van der Waals surface area (Å²) in [4.78, 5) is 4.41. The van der Waals surface area contributed by atoms with Crippen LogP contribution in [0.4, 0.5) is 5.82 Å². The van der Waals surface area contributed by atoms with Gasteiger partial charge in [0.15, 0.2) is 11.6 Å². The Hall–Kier alpha value is -1.29. The fourth-order valence-electron chi connectivity index (χ4n) is 2.61. The number of nitrogens with one attached hydrogen (secondary N) is 1. The summed E-state index contributed by atoms with van der Waals surface area (Å²) in [5, 5.41) is 3.52. The number of aromatic nitrogens is 1. The number of nitrogens with zero attached hydrogens (tertiary/aromatic N) is 1. The highest BCUT2D eigenvalue weighted by molar-refractivity contribution is 5.51. The first kappa shape index (κ1) is 15.1. The highest BCUT2D eigenvalue weighted by atomic mass is 16.5. The summed E-state index contributed by atoms with van der Waals surface area (Å²) < 4.78 is 11.5. The molecule has 1 N–H and O–H groups in total. The van der Waals surface area contributed by atoms with Gasteiger partial charge in [-0.25, -0.2) is 4.98 Å². The molecule has 1 saturated carbocycles. The van der Waals surface area contributed by atoms with Gasteiger partial charge in [0, 0.05) is 24.3 Å². The summed E-state index contributed by atoms with van der Waals surface area (Å²) in [5.41, 5.74) is 0.121. The van der Waals surface area contributed by atoms with E-state index in [4.69, 9.17) is 9.47 Å².